The number of esters is 1. The molecule has 0 radical (unpaired) electrons. The number of nitrogens with one attached hydrogen (secondary N) is 1. The summed E-state index contributed by atoms with van der Waals surface area (Å²) in [7, 11) is 2.00. The van der Waals surface area contributed by atoms with Crippen molar-refractivity contribution in [1.29, 1.82) is 0 Å². The largest absolute Gasteiger partial charge is 0.465 e. The second-order valence-corrected chi connectivity index (χ2v) is 4.03. The zero-order chi connectivity index (χ0) is 11.3. The van der Waals surface area contributed by atoms with Crippen molar-refractivity contribution in [2.45, 2.75) is 38.8 Å². The molecule has 0 spiro atoms. The Kier molecular flexibility index (Phi) is 5.05. The molecule has 1 rings (SSSR count). The number of rotatable bonds is 4. The van der Waals surface area contributed by atoms with Gasteiger partial charge in [-0.1, -0.05) is 0 Å². The number of piperidine rings is 1. The Morgan fingerprint density at radius 3 is 2.60 bits per heavy atom. The molecule has 4 nitrogen and oxygen atoms in total. The molecule has 0 aromatic rings. The summed E-state index contributed by atoms with van der Waals surface area (Å²) in [6.45, 7) is 6.20. The predicted octanol–water partition coefficient (Wildman–Crippen LogP) is 0.622. The first-order valence-corrected chi connectivity index (χ1v) is 5.77. The van der Waals surface area contributed by atoms with Crippen LogP contribution in [0.2, 0.25) is 0 Å². The quantitative estimate of drug-likeness (QED) is 0.697. The normalized spacial score (nSPS) is 21.3. The Balaban J connectivity index is 2.35. The van der Waals surface area contributed by atoms with Crippen molar-refractivity contribution in [1.82, 2.24) is 10.2 Å². The smallest absolute Gasteiger partial charge is 0.323 e. The maximum absolute atomic E-state index is 11.5. The van der Waals surface area contributed by atoms with Crippen LogP contribution in [-0.4, -0.2) is 49.7 Å². The lowest BCUT2D eigenvalue weighted by Crippen LogP contribution is -2.48. The summed E-state index contributed by atoms with van der Waals surface area (Å²) in [5, 5.41) is 3.27. The van der Waals surface area contributed by atoms with Gasteiger partial charge in [0.05, 0.1) is 6.61 Å². The van der Waals surface area contributed by atoms with Crippen LogP contribution in [0.15, 0.2) is 0 Å². The van der Waals surface area contributed by atoms with E-state index >= 15 is 0 Å². The van der Waals surface area contributed by atoms with Crippen molar-refractivity contribution in [3.63, 3.8) is 0 Å². The summed E-state index contributed by atoms with van der Waals surface area (Å²) in [5.74, 6) is -0.0968. The van der Waals surface area contributed by atoms with E-state index in [0.717, 1.165) is 25.9 Å². The zero-order valence-corrected chi connectivity index (χ0v) is 9.95. The van der Waals surface area contributed by atoms with Crippen LogP contribution in [-0.2, 0) is 9.53 Å². The second kappa shape index (κ2) is 6.08. The average Bonchev–Trinajstić information content (AvgIpc) is 2.28. The highest BCUT2D eigenvalue weighted by Gasteiger charge is 2.26. The molecule has 88 valence electrons. The van der Waals surface area contributed by atoms with E-state index in [1.165, 1.54) is 0 Å². The molecule has 4 heteroatoms. The van der Waals surface area contributed by atoms with Crippen LogP contribution < -0.4 is 5.32 Å². The molecule has 1 saturated heterocycles. The van der Waals surface area contributed by atoms with Gasteiger partial charge in [-0.05, 0) is 33.7 Å². The number of carbonyl (C=O) groups excluding carboxylic acids is 1. The average molecular weight is 214 g/mol. The summed E-state index contributed by atoms with van der Waals surface area (Å²) < 4.78 is 5.01. The third-order valence-corrected chi connectivity index (χ3v) is 3.11. The van der Waals surface area contributed by atoms with E-state index in [2.05, 4.69) is 10.2 Å². The molecule has 0 saturated carbocycles. The third-order valence-electron chi connectivity index (χ3n) is 3.11. The predicted molar refractivity (Wildman–Crippen MR) is 59.7 cm³/mol. The minimum atomic E-state index is -0.0968. The van der Waals surface area contributed by atoms with E-state index in [4.69, 9.17) is 4.74 Å². The SMILES string of the molecule is CCOC(=O)C(C)N1CCC(NC)CC1. The molecule has 1 fully saturated rings. The van der Waals surface area contributed by atoms with Crippen molar-refractivity contribution < 1.29 is 9.53 Å². The highest BCUT2D eigenvalue weighted by Crippen LogP contribution is 2.13. The number of hydrogen-bond acceptors (Lipinski definition) is 4. The fourth-order valence-corrected chi connectivity index (χ4v) is 1.99. The highest BCUT2D eigenvalue weighted by atomic mass is 16.5. The van der Waals surface area contributed by atoms with Gasteiger partial charge in [-0.25, -0.2) is 0 Å². The van der Waals surface area contributed by atoms with Gasteiger partial charge in [0.15, 0.2) is 0 Å². The minimum Gasteiger partial charge on any atom is -0.465 e. The van der Waals surface area contributed by atoms with Crippen LogP contribution in [0.3, 0.4) is 0 Å². The number of carbonyl (C=O) groups is 1. The number of ether oxygens (including phenoxy) is 1. The molecule has 1 N–H and O–H groups in total. The lowest BCUT2D eigenvalue weighted by molar-refractivity contribution is -0.149. The van der Waals surface area contributed by atoms with Gasteiger partial charge in [-0.15, -0.1) is 0 Å². The van der Waals surface area contributed by atoms with E-state index in [9.17, 15) is 4.79 Å². The van der Waals surface area contributed by atoms with E-state index < -0.39 is 0 Å². The number of likely N-dealkylation sites (tertiary alicyclic amines) is 1. The topological polar surface area (TPSA) is 41.6 Å². The molecule has 1 aliphatic heterocycles. The highest BCUT2D eigenvalue weighted by molar-refractivity contribution is 5.75. The van der Waals surface area contributed by atoms with Crippen molar-refractivity contribution in [2.24, 2.45) is 0 Å². The van der Waals surface area contributed by atoms with Gasteiger partial charge in [0.25, 0.3) is 0 Å². The van der Waals surface area contributed by atoms with Crippen molar-refractivity contribution in [3.8, 4) is 0 Å². The lowest BCUT2D eigenvalue weighted by Gasteiger charge is -2.34. The summed E-state index contributed by atoms with van der Waals surface area (Å²) in [6.07, 6.45) is 2.22. The molecule has 1 heterocycles. The van der Waals surface area contributed by atoms with Crippen LogP contribution in [0.4, 0.5) is 0 Å². The van der Waals surface area contributed by atoms with E-state index in [-0.39, 0.29) is 12.0 Å². The van der Waals surface area contributed by atoms with Crippen LogP contribution in [0.5, 0.6) is 0 Å². The lowest BCUT2D eigenvalue weighted by atomic mass is 10.0. The molecule has 0 aromatic carbocycles. The number of hydrogen-bond donors (Lipinski definition) is 1. The molecule has 0 bridgehead atoms. The molecule has 1 unspecified atom stereocenters. The molecule has 1 aliphatic rings. The van der Waals surface area contributed by atoms with E-state index in [0.29, 0.717) is 12.6 Å². The van der Waals surface area contributed by atoms with Crippen LogP contribution in [0.25, 0.3) is 0 Å². The van der Waals surface area contributed by atoms with Gasteiger partial charge in [0.1, 0.15) is 6.04 Å². The first-order valence-electron chi connectivity index (χ1n) is 5.77. The summed E-state index contributed by atoms with van der Waals surface area (Å²) in [4.78, 5) is 13.7. The summed E-state index contributed by atoms with van der Waals surface area (Å²) in [6, 6.07) is 0.512. The Labute approximate surface area is 92.0 Å². The van der Waals surface area contributed by atoms with Crippen molar-refractivity contribution >= 4 is 5.97 Å². The van der Waals surface area contributed by atoms with Gasteiger partial charge in [-0.2, -0.15) is 0 Å². The summed E-state index contributed by atoms with van der Waals surface area (Å²) in [5.41, 5.74) is 0. The Bertz CT molecular complexity index is 201. The standard InChI is InChI=1S/C11H22N2O2/c1-4-15-11(14)9(2)13-7-5-10(12-3)6-8-13/h9-10,12H,4-8H2,1-3H3. The van der Waals surface area contributed by atoms with Gasteiger partial charge in [-0.3, -0.25) is 9.69 Å². The van der Waals surface area contributed by atoms with Gasteiger partial charge in [0, 0.05) is 19.1 Å². The first kappa shape index (κ1) is 12.5. The Morgan fingerprint density at radius 1 is 1.53 bits per heavy atom. The van der Waals surface area contributed by atoms with Gasteiger partial charge < -0.3 is 10.1 Å². The molecular weight excluding hydrogens is 192 g/mol. The monoisotopic (exact) mass is 214 g/mol. The molecule has 0 amide bonds. The van der Waals surface area contributed by atoms with Crippen molar-refractivity contribution in [2.75, 3.05) is 26.7 Å². The van der Waals surface area contributed by atoms with Gasteiger partial charge >= 0.3 is 5.97 Å². The fourth-order valence-electron chi connectivity index (χ4n) is 1.99. The van der Waals surface area contributed by atoms with Gasteiger partial charge in [0.2, 0.25) is 0 Å². The first-order chi connectivity index (χ1) is 7.19. The molecule has 15 heavy (non-hydrogen) atoms. The van der Waals surface area contributed by atoms with E-state index in [1.807, 2.05) is 20.9 Å². The maximum Gasteiger partial charge on any atom is 0.323 e. The Hall–Kier alpha value is -0.610. The fraction of sp³-hybridized carbons (Fsp3) is 0.909. The molecular formula is C11H22N2O2. The van der Waals surface area contributed by atoms with Crippen LogP contribution >= 0.6 is 0 Å². The third kappa shape index (κ3) is 3.47. The zero-order valence-electron chi connectivity index (χ0n) is 9.95. The second-order valence-electron chi connectivity index (χ2n) is 4.03. The van der Waals surface area contributed by atoms with Crippen LogP contribution in [0, 0.1) is 0 Å². The Morgan fingerprint density at radius 2 is 2.13 bits per heavy atom. The summed E-state index contributed by atoms with van der Waals surface area (Å²) >= 11 is 0. The van der Waals surface area contributed by atoms with Crippen molar-refractivity contribution in [3.05, 3.63) is 0 Å². The number of nitrogens with zero attached hydrogens (tertiary/aromatic N) is 1. The molecule has 1 atom stereocenters. The minimum absolute atomic E-state index is 0.0947. The van der Waals surface area contributed by atoms with Crippen LogP contribution in [0.1, 0.15) is 26.7 Å². The van der Waals surface area contributed by atoms with E-state index in [1.54, 1.807) is 0 Å². The maximum atomic E-state index is 11.5. The molecule has 0 aliphatic carbocycles. The molecule has 0 aromatic heterocycles.